The lowest BCUT2D eigenvalue weighted by molar-refractivity contribution is -0.385. The lowest BCUT2D eigenvalue weighted by Crippen LogP contribution is -1.99. The summed E-state index contributed by atoms with van der Waals surface area (Å²) in [6, 6.07) is 4.81. The molecule has 84 valence electrons. The van der Waals surface area contributed by atoms with Crippen LogP contribution in [0.3, 0.4) is 0 Å². The van der Waals surface area contributed by atoms with Gasteiger partial charge in [0.1, 0.15) is 0 Å². The fraction of sp³-hybridized carbons (Fsp3) is 0.364. The van der Waals surface area contributed by atoms with Crippen LogP contribution in [0.1, 0.15) is 23.5 Å². The summed E-state index contributed by atoms with van der Waals surface area (Å²) in [5.41, 5.74) is 1.55. The van der Waals surface area contributed by atoms with E-state index in [0.29, 0.717) is 12.0 Å². The molecular formula is C11H11NO4. The summed E-state index contributed by atoms with van der Waals surface area (Å²) in [6.45, 7) is 1.67. The Hall–Kier alpha value is -1.91. The Labute approximate surface area is 91.9 Å². The van der Waals surface area contributed by atoms with Crippen LogP contribution in [0, 0.1) is 23.0 Å². The highest BCUT2D eigenvalue weighted by molar-refractivity contribution is 5.75. The van der Waals surface area contributed by atoms with Crippen molar-refractivity contribution in [1.82, 2.24) is 0 Å². The zero-order valence-electron chi connectivity index (χ0n) is 8.71. The molecule has 1 aromatic rings. The molecule has 0 aliphatic heterocycles. The number of benzene rings is 1. The van der Waals surface area contributed by atoms with Gasteiger partial charge in [-0.25, -0.2) is 0 Å². The summed E-state index contributed by atoms with van der Waals surface area (Å²) in [5, 5.41) is 19.4. The maximum absolute atomic E-state index is 10.7. The van der Waals surface area contributed by atoms with Gasteiger partial charge < -0.3 is 5.11 Å². The number of carbonyl (C=O) groups is 1. The van der Waals surface area contributed by atoms with Gasteiger partial charge >= 0.3 is 5.97 Å². The van der Waals surface area contributed by atoms with E-state index in [1.54, 1.807) is 19.1 Å². The number of rotatable bonds is 3. The van der Waals surface area contributed by atoms with Crippen molar-refractivity contribution in [2.45, 2.75) is 19.3 Å². The fourth-order valence-electron chi connectivity index (χ4n) is 1.95. The molecule has 0 spiro atoms. The minimum atomic E-state index is -0.791. The van der Waals surface area contributed by atoms with Gasteiger partial charge in [0.2, 0.25) is 0 Å². The number of carboxylic acid groups (broad SMARTS) is 1. The molecule has 0 amide bonds. The first-order valence-corrected chi connectivity index (χ1v) is 4.98. The smallest absolute Gasteiger partial charge is 0.307 e. The Morgan fingerprint density at radius 1 is 1.56 bits per heavy atom. The van der Waals surface area contributed by atoms with Crippen molar-refractivity contribution in [3.8, 4) is 0 Å². The second-order valence-corrected chi connectivity index (χ2v) is 4.09. The van der Waals surface area contributed by atoms with E-state index < -0.39 is 10.9 Å². The standard InChI is InChI=1S/C11H11NO4/c1-6-4-7(2-3-10(6)12(15)16)8-5-9(8)11(13)14/h2-4,8-9H,5H2,1H3,(H,13,14)/t8-,9+/m0/s1. The van der Waals surface area contributed by atoms with Crippen LogP contribution in [-0.4, -0.2) is 16.0 Å². The molecule has 0 radical (unpaired) electrons. The van der Waals surface area contributed by atoms with E-state index in [9.17, 15) is 14.9 Å². The number of hydrogen-bond donors (Lipinski definition) is 1. The Bertz CT molecular complexity index is 469. The minimum Gasteiger partial charge on any atom is -0.481 e. The molecule has 2 rings (SSSR count). The molecular weight excluding hydrogens is 210 g/mol. The number of nitro groups is 1. The third-order valence-electron chi connectivity index (χ3n) is 2.95. The van der Waals surface area contributed by atoms with E-state index in [4.69, 9.17) is 5.11 Å². The number of carboxylic acids is 1. The molecule has 0 bridgehead atoms. The molecule has 5 heteroatoms. The monoisotopic (exact) mass is 221 g/mol. The van der Waals surface area contributed by atoms with Crippen LogP contribution in [0.25, 0.3) is 0 Å². The van der Waals surface area contributed by atoms with Gasteiger partial charge in [-0.1, -0.05) is 6.07 Å². The highest BCUT2D eigenvalue weighted by Crippen LogP contribution is 2.48. The average Bonchev–Trinajstić information content (AvgIpc) is 2.96. The molecule has 5 nitrogen and oxygen atoms in total. The van der Waals surface area contributed by atoms with E-state index in [2.05, 4.69) is 0 Å². The van der Waals surface area contributed by atoms with Crippen molar-refractivity contribution in [2.75, 3.05) is 0 Å². The summed E-state index contributed by atoms with van der Waals surface area (Å²) in [4.78, 5) is 20.9. The predicted octanol–water partition coefficient (Wildman–Crippen LogP) is 2.09. The first-order chi connectivity index (χ1) is 7.50. The minimum absolute atomic E-state index is 0.0250. The van der Waals surface area contributed by atoms with Crippen LogP contribution < -0.4 is 0 Å². The van der Waals surface area contributed by atoms with Gasteiger partial charge in [0, 0.05) is 11.6 Å². The number of aryl methyl sites for hydroxylation is 1. The van der Waals surface area contributed by atoms with Crippen molar-refractivity contribution >= 4 is 11.7 Å². The van der Waals surface area contributed by atoms with E-state index in [1.165, 1.54) is 6.07 Å². The van der Waals surface area contributed by atoms with Crippen molar-refractivity contribution in [2.24, 2.45) is 5.92 Å². The van der Waals surface area contributed by atoms with Gasteiger partial charge in [0.15, 0.2) is 0 Å². The summed E-state index contributed by atoms with van der Waals surface area (Å²) in [5.74, 6) is -1.08. The Morgan fingerprint density at radius 2 is 2.25 bits per heavy atom. The maximum atomic E-state index is 10.7. The lowest BCUT2D eigenvalue weighted by Gasteiger charge is -2.01. The Kier molecular flexibility index (Phi) is 2.38. The average molecular weight is 221 g/mol. The fourth-order valence-corrected chi connectivity index (χ4v) is 1.95. The molecule has 1 fully saturated rings. The molecule has 1 aromatic carbocycles. The zero-order chi connectivity index (χ0) is 11.9. The SMILES string of the molecule is Cc1cc([C@@H]2C[C@H]2C(=O)O)ccc1[N+](=O)[O-]. The van der Waals surface area contributed by atoms with Crippen molar-refractivity contribution < 1.29 is 14.8 Å². The molecule has 0 aromatic heterocycles. The van der Waals surface area contributed by atoms with E-state index in [0.717, 1.165) is 5.56 Å². The Balaban J connectivity index is 2.23. The van der Waals surface area contributed by atoms with Gasteiger partial charge in [-0.05, 0) is 30.9 Å². The van der Waals surface area contributed by atoms with Crippen molar-refractivity contribution in [1.29, 1.82) is 0 Å². The third kappa shape index (κ3) is 1.76. The van der Waals surface area contributed by atoms with Crippen LogP contribution in [0.2, 0.25) is 0 Å². The summed E-state index contributed by atoms with van der Waals surface area (Å²) in [7, 11) is 0. The third-order valence-corrected chi connectivity index (χ3v) is 2.95. The summed E-state index contributed by atoms with van der Waals surface area (Å²) in [6.07, 6.45) is 0.632. The molecule has 0 saturated heterocycles. The van der Waals surface area contributed by atoms with Crippen molar-refractivity contribution in [3.05, 3.63) is 39.4 Å². The van der Waals surface area contributed by atoms with Gasteiger partial charge in [0.05, 0.1) is 10.8 Å². The van der Waals surface area contributed by atoms with E-state index in [-0.39, 0.29) is 17.5 Å². The van der Waals surface area contributed by atoms with Crippen LogP contribution in [0.5, 0.6) is 0 Å². The Morgan fingerprint density at radius 3 is 2.69 bits per heavy atom. The molecule has 16 heavy (non-hydrogen) atoms. The first kappa shape index (κ1) is 10.6. The molecule has 1 aliphatic rings. The molecule has 1 N–H and O–H groups in total. The second kappa shape index (κ2) is 3.59. The maximum Gasteiger partial charge on any atom is 0.307 e. The molecule has 0 heterocycles. The molecule has 2 atom stereocenters. The molecule has 0 unspecified atom stereocenters. The quantitative estimate of drug-likeness (QED) is 0.626. The first-order valence-electron chi connectivity index (χ1n) is 4.98. The van der Waals surface area contributed by atoms with Gasteiger partial charge in [-0.15, -0.1) is 0 Å². The topological polar surface area (TPSA) is 80.4 Å². The molecule has 1 saturated carbocycles. The number of aliphatic carboxylic acids is 1. The summed E-state index contributed by atoms with van der Waals surface area (Å²) < 4.78 is 0. The number of hydrogen-bond acceptors (Lipinski definition) is 3. The number of nitrogens with zero attached hydrogens (tertiary/aromatic N) is 1. The van der Waals surface area contributed by atoms with Crippen LogP contribution in [-0.2, 0) is 4.79 Å². The zero-order valence-corrected chi connectivity index (χ0v) is 8.71. The second-order valence-electron chi connectivity index (χ2n) is 4.09. The highest BCUT2D eigenvalue weighted by atomic mass is 16.6. The predicted molar refractivity (Wildman–Crippen MR) is 56.3 cm³/mol. The molecule has 1 aliphatic carbocycles. The van der Waals surface area contributed by atoms with E-state index >= 15 is 0 Å². The van der Waals surface area contributed by atoms with Crippen LogP contribution in [0.15, 0.2) is 18.2 Å². The van der Waals surface area contributed by atoms with E-state index in [1.807, 2.05) is 0 Å². The van der Waals surface area contributed by atoms with Gasteiger partial charge in [-0.2, -0.15) is 0 Å². The van der Waals surface area contributed by atoms with Crippen LogP contribution in [0.4, 0.5) is 5.69 Å². The normalized spacial score (nSPS) is 22.8. The largest absolute Gasteiger partial charge is 0.481 e. The summed E-state index contributed by atoms with van der Waals surface area (Å²) >= 11 is 0. The number of nitro benzene ring substituents is 1. The van der Waals surface area contributed by atoms with Gasteiger partial charge in [0.25, 0.3) is 5.69 Å². The van der Waals surface area contributed by atoms with Crippen LogP contribution >= 0.6 is 0 Å². The lowest BCUT2D eigenvalue weighted by atomic mass is 10.0. The van der Waals surface area contributed by atoms with Gasteiger partial charge in [-0.3, -0.25) is 14.9 Å². The highest BCUT2D eigenvalue weighted by Gasteiger charge is 2.44. The van der Waals surface area contributed by atoms with Crippen molar-refractivity contribution in [3.63, 3.8) is 0 Å².